The fourth-order valence-corrected chi connectivity index (χ4v) is 1.65. The van der Waals surface area contributed by atoms with Gasteiger partial charge in [0, 0.05) is 6.54 Å². The van der Waals surface area contributed by atoms with Crippen molar-refractivity contribution in [2.24, 2.45) is 0 Å². The highest BCUT2D eigenvalue weighted by molar-refractivity contribution is 5.68. The van der Waals surface area contributed by atoms with Gasteiger partial charge in [0.2, 0.25) is 0 Å². The summed E-state index contributed by atoms with van der Waals surface area (Å²) in [7, 11) is 0. The van der Waals surface area contributed by atoms with Gasteiger partial charge in [0.15, 0.2) is 0 Å². The summed E-state index contributed by atoms with van der Waals surface area (Å²) in [5, 5.41) is 10.1. The second kappa shape index (κ2) is 6.57. The number of likely N-dealkylation sites (N-methyl/N-ethyl adjacent to an activating group) is 1. The maximum atomic E-state index is 11.9. The first-order valence-corrected chi connectivity index (χ1v) is 6.54. The van der Waals surface area contributed by atoms with E-state index in [2.05, 4.69) is 0 Å². The number of hydrogen-bond donors (Lipinski definition) is 1. The van der Waals surface area contributed by atoms with E-state index in [0.29, 0.717) is 6.54 Å². The minimum absolute atomic E-state index is 0.232. The van der Waals surface area contributed by atoms with Crippen LogP contribution in [0.4, 0.5) is 4.79 Å². The van der Waals surface area contributed by atoms with Gasteiger partial charge in [-0.3, -0.25) is 0 Å². The van der Waals surface area contributed by atoms with Gasteiger partial charge in [-0.1, -0.05) is 30.3 Å². The fraction of sp³-hybridized carbons (Fsp3) is 0.533. The molecular weight excluding hydrogens is 242 g/mol. The normalized spacial score (nSPS) is 12.9. The number of amides is 1. The zero-order valence-electron chi connectivity index (χ0n) is 12.1. The minimum atomic E-state index is -0.700. The van der Waals surface area contributed by atoms with Crippen molar-refractivity contribution in [3.05, 3.63) is 35.9 Å². The molecule has 0 aliphatic carbocycles. The summed E-state index contributed by atoms with van der Waals surface area (Å²) >= 11 is 0. The van der Waals surface area contributed by atoms with Gasteiger partial charge in [0.1, 0.15) is 5.60 Å². The molecule has 0 aliphatic heterocycles. The molecule has 0 spiro atoms. The lowest BCUT2D eigenvalue weighted by atomic mass is 10.1. The maximum absolute atomic E-state index is 11.9. The number of ether oxygens (including phenoxy) is 1. The molecule has 1 atom stereocenters. The summed E-state index contributed by atoms with van der Waals surface area (Å²) in [6, 6.07) is 9.30. The Kier molecular flexibility index (Phi) is 5.36. The third kappa shape index (κ3) is 5.30. The standard InChI is InChI=1S/C15H23NO3/c1-5-16(14(18)19-15(2,3)4)11-13(17)12-9-7-6-8-10-12/h6-10,13,17H,5,11H2,1-4H3. The number of carbonyl (C=O) groups is 1. The van der Waals surface area contributed by atoms with Crippen molar-refractivity contribution in [1.82, 2.24) is 4.90 Å². The molecule has 0 fully saturated rings. The van der Waals surface area contributed by atoms with E-state index >= 15 is 0 Å². The molecule has 1 aromatic carbocycles. The Labute approximate surface area is 115 Å². The van der Waals surface area contributed by atoms with Gasteiger partial charge >= 0.3 is 6.09 Å². The van der Waals surface area contributed by atoms with Gasteiger partial charge < -0.3 is 14.7 Å². The molecule has 1 aromatic rings. The molecule has 1 amide bonds. The molecule has 0 aliphatic rings. The van der Waals surface area contributed by atoms with Crippen LogP contribution in [0.3, 0.4) is 0 Å². The lowest BCUT2D eigenvalue weighted by Gasteiger charge is -2.28. The highest BCUT2D eigenvalue weighted by atomic mass is 16.6. The second-order valence-electron chi connectivity index (χ2n) is 5.45. The number of benzene rings is 1. The van der Waals surface area contributed by atoms with E-state index in [1.807, 2.05) is 58.0 Å². The summed E-state index contributed by atoms with van der Waals surface area (Å²) in [4.78, 5) is 13.5. The van der Waals surface area contributed by atoms with Crippen molar-refractivity contribution >= 4 is 6.09 Å². The quantitative estimate of drug-likeness (QED) is 0.910. The molecular formula is C15H23NO3. The van der Waals surface area contributed by atoms with E-state index in [-0.39, 0.29) is 6.54 Å². The van der Waals surface area contributed by atoms with E-state index in [0.717, 1.165) is 5.56 Å². The van der Waals surface area contributed by atoms with Crippen LogP contribution in [0.15, 0.2) is 30.3 Å². The Hall–Kier alpha value is -1.55. The first-order valence-electron chi connectivity index (χ1n) is 6.54. The molecule has 1 unspecified atom stereocenters. The van der Waals surface area contributed by atoms with Gasteiger partial charge in [-0.25, -0.2) is 4.79 Å². The lowest BCUT2D eigenvalue weighted by molar-refractivity contribution is 0.0157. The van der Waals surface area contributed by atoms with Crippen molar-refractivity contribution in [3.63, 3.8) is 0 Å². The second-order valence-corrected chi connectivity index (χ2v) is 5.45. The Morgan fingerprint density at radius 2 is 1.89 bits per heavy atom. The minimum Gasteiger partial charge on any atom is -0.444 e. The van der Waals surface area contributed by atoms with Crippen LogP contribution in [-0.4, -0.2) is 34.8 Å². The van der Waals surface area contributed by atoms with Crippen molar-refractivity contribution in [2.75, 3.05) is 13.1 Å². The van der Waals surface area contributed by atoms with Crippen LogP contribution in [0.1, 0.15) is 39.4 Å². The fourth-order valence-electron chi connectivity index (χ4n) is 1.65. The zero-order chi connectivity index (χ0) is 14.5. The first-order chi connectivity index (χ1) is 8.83. The van der Waals surface area contributed by atoms with Crippen molar-refractivity contribution in [3.8, 4) is 0 Å². The first kappa shape index (κ1) is 15.5. The van der Waals surface area contributed by atoms with Crippen molar-refractivity contribution < 1.29 is 14.6 Å². The van der Waals surface area contributed by atoms with E-state index in [1.54, 1.807) is 0 Å². The SMILES string of the molecule is CCN(CC(O)c1ccccc1)C(=O)OC(C)(C)C. The number of rotatable bonds is 4. The third-order valence-corrected chi connectivity index (χ3v) is 2.61. The molecule has 0 radical (unpaired) electrons. The molecule has 0 heterocycles. The summed E-state index contributed by atoms with van der Waals surface area (Å²) in [6.45, 7) is 8.07. The Morgan fingerprint density at radius 1 is 1.32 bits per heavy atom. The monoisotopic (exact) mass is 265 g/mol. The van der Waals surface area contributed by atoms with Crippen LogP contribution in [0, 0.1) is 0 Å². The van der Waals surface area contributed by atoms with Gasteiger partial charge in [-0.05, 0) is 33.3 Å². The number of aliphatic hydroxyl groups is 1. The molecule has 0 aromatic heterocycles. The molecule has 1 N–H and O–H groups in total. The van der Waals surface area contributed by atoms with E-state index < -0.39 is 17.8 Å². The Balaban J connectivity index is 2.64. The predicted octanol–water partition coefficient (Wildman–Crippen LogP) is 2.98. The largest absolute Gasteiger partial charge is 0.444 e. The van der Waals surface area contributed by atoms with Gasteiger partial charge in [-0.15, -0.1) is 0 Å². The van der Waals surface area contributed by atoms with Gasteiger partial charge in [0.25, 0.3) is 0 Å². The summed E-state index contributed by atoms with van der Waals surface area (Å²) in [6.07, 6.45) is -1.10. The molecule has 0 saturated carbocycles. The molecule has 0 saturated heterocycles. The molecule has 4 heteroatoms. The van der Waals surface area contributed by atoms with Crippen molar-refractivity contribution in [1.29, 1.82) is 0 Å². The predicted molar refractivity (Wildman–Crippen MR) is 74.9 cm³/mol. The van der Waals surface area contributed by atoms with Crippen LogP contribution in [0.25, 0.3) is 0 Å². The molecule has 1 rings (SSSR count). The molecule has 4 nitrogen and oxygen atoms in total. The van der Waals surface area contributed by atoms with E-state index in [4.69, 9.17) is 4.74 Å². The topological polar surface area (TPSA) is 49.8 Å². The van der Waals surface area contributed by atoms with Gasteiger partial charge in [0.05, 0.1) is 12.6 Å². The number of carbonyl (C=O) groups excluding carboxylic acids is 1. The van der Waals surface area contributed by atoms with Crippen LogP contribution < -0.4 is 0 Å². The van der Waals surface area contributed by atoms with Crippen LogP contribution in [-0.2, 0) is 4.74 Å². The summed E-state index contributed by atoms with van der Waals surface area (Å²) < 4.78 is 5.30. The average molecular weight is 265 g/mol. The number of hydrogen-bond acceptors (Lipinski definition) is 3. The Bertz CT molecular complexity index is 398. The van der Waals surface area contributed by atoms with E-state index in [9.17, 15) is 9.90 Å². The number of aliphatic hydroxyl groups excluding tert-OH is 1. The molecule has 0 bridgehead atoms. The van der Waals surface area contributed by atoms with Gasteiger partial charge in [-0.2, -0.15) is 0 Å². The summed E-state index contributed by atoms with van der Waals surface area (Å²) in [5.74, 6) is 0. The highest BCUT2D eigenvalue weighted by Gasteiger charge is 2.23. The highest BCUT2D eigenvalue weighted by Crippen LogP contribution is 2.16. The average Bonchev–Trinajstić information content (AvgIpc) is 2.34. The van der Waals surface area contributed by atoms with Crippen molar-refractivity contribution in [2.45, 2.75) is 39.4 Å². The lowest BCUT2D eigenvalue weighted by Crippen LogP contribution is -2.39. The maximum Gasteiger partial charge on any atom is 0.410 e. The Morgan fingerprint density at radius 3 is 2.37 bits per heavy atom. The smallest absolute Gasteiger partial charge is 0.410 e. The third-order valence-electron chi connectivity index (χ3n) is 2.61. The van der Waals surface area contributed by atoms with Crippen LogP contribution in [0.5, 0.6) is 0 Å². The van der Waals surface area contributed by atoms with E-state index in [1.165, 1.54) is 4.90 Å². The number of nitrogens with zero attached hydrogens (tertiary/aromatic N) is 1. The molecule has 19 heavy (non-hydrogen) atoms. The summed E-state index contributed by atoms with van der Waals surface area (Å²) in [5.41, 5.74) is 0.270. The zero-order valence-corrected chi connectivity index (χ0v) is 12.1. The van der Waals surface area contributed by atoms with Crippen LogP contribution >= 0.6 is 0 Å². The molecule has 106 valence electrons. The van der Waals surface area contributed by atoms with Crippen LogP contribution in [0.2, 0.25) is 0 Å².